The molecule has 4 heteroatoms. The second-order valence-electron chi connectivity index (χ2n) is 2.88. The molecular formula is C8H12N4. The largest absolute Gasteiger partial charge is 0.314 e. The first-order valence-corrected chi connectivity index (χ1v) is 4.16. The van der Waals surface area contributed by atoms with Crippen LogP contribution in [0.2, 0.25) is 0 Å². The first-order chi connectivity index (χ1) is 5.97. The zero-order valence-corrected chi connectivity index (χ0v) is 6.83. The van der Waals surface area contributed by atoms with E-state index in [1.807, 2.05) is 12.4 Å². The van der Waals surface area contributed by atoms with Gasteiger partial charge in [0.1, 0.15) is 6.33 Å². The van der Waals surface area contributed by atoms with E-state index in [9.17, 15) is 0 Å². The summed E-state index contributed by atoms with van der Waals surface area (Å²) in [6.07, 6.45) is 5.27. The molecule has 64 valence electrons. The molecule has 1 aliphatic heterocycles. The molecule has 1 aliphatic rings. The molecular weight excluding hydrogens is 152 g/mol. The lowest BCUT2D eigenvalue weighted by atomic mass is 10.1. The summed E-state index contributed by atoms with van der Waals surface area (Å²) in [6.45, 7) is 3.02. The van der Waals surface area contributed by atoms with Gasteiger partial charge in [0.25, 0.3) is 0 Å². The van der Waals surface area contributed by atoms with Crippen LogP contribution in [-0.4, -0.2) is 29.6 Å². The fourth-order valence-corrected chi connectivity index (χ4v) is 1.38. The second-order valence-corrected chi connectivity index (χ2v) is 2.88. The molecule has 2 heterocycles. The molecule has 2 N–H and O–H groups in total. The first kappa shape index (κ1) is 7.64. The predicted molar refractivity (Wildman–Crippen MR) is 45.6 cm³/mol. The van der Waals surface area contributed by atoms with Gasteiger partial charge in [-0.1, -0.05) is 0 Å². The average molecular weight is 164 g/mol. The van der Waals surface area contributed by atoms with E-state index >= 15 is 0 Å². The molecule has 1 fully saturated rings. The molecule has 4 nitrogen and oxygen atoms in total. The summed E-state index contributed by atoms with van der Waals surface area (Å²) in [5.74, 6) is 0. The summed E-state index contributed by atoms with van der Waals surface area (Å²) >= 11 is 0. The van der Waals surface area contributed by atoms with E-state index in [1.54, 1.807) is 6.33 Å². The molecule has 0 aliphatic carbocycles. The van der Waals surface area contributed by atoms with E-state index in [1.165, 1.54) is 0 Å². The molecule has 0 aromatic carbocycles. The summed E-state index contributed by atoms with van der Waals surface area (Å²) in [4.78, 5) is 7.96. The fourth-order valence-electron chi connectivity index (χ4n) is 1.38. The van der Waals surface area contributed by atoms with E-state index in [0.717, 1.165) is 25.2 Å². The van der Waals surface area contributed by atoms with Crippen molar-refractivity contribution in [3.63, 3.8) is 0 Å². The first-order valence-electron chi connectivity index (χ1n) is 4.16. The molecule has 1 saturated heterocycles. The van der Waals surface area contributed by atoms with Gasteiger partial charge in [-0.05, 0) is 0 Å². The van der Waals surface area contributed by atoms with E-state index in [-0.39, 0.29) is 0 Å². The van der Waals surface area contributed by atoms with Crippen molar-refractivity contribution in [3.05, 3.63) is 24.3 Å². The maximum Gasteiger partial charge on any atom is 0.115 e. The van der Waals surface area contributed by atoms with Gasteiger partial charge in [-0.25, -0.2) is 9.97 Å². The lowest BCUT2D eigenvalue weighted by molar-refractivity contribution is 0.428. The third kappa shape index (κ3) is 1.60. The van der Waals surface area contributed by atoms with E-state index in [2.05, 4.69) is 20.6 Å². The van der Waals surface area contributed by atoms with Gasteiger partial charge >= 0.3 is 0 Å². The standard InChI is InChI=1S/C8H12N4/c1-2-12-8(5-9-1)7-3-10-6-11-4-7/h3-4,6,8-9,12H,1-2,5H2. The van der Waals surface area contributed by atoms with Crippen LogP contribution >= 0.6 is 0 Å². The molecule has 12 heavy (non-hydrogen) atoms. The Morgan fingerprint density at radius 2 is 2.08 bits per heavy atom. The molecule has 0 amide bonds. The van der Waals surface area contributed by atoms with Crippen molar-refractivity contribution in [1.82, 2.24) is 20.6 Å². The summed E-state index contributed by atoms with van der Waals surface area (Å²) < 4.78 is 0. The van der Waals surface area contributed by atoms with Gasteiger partial charge in [-0.15, -0.1) is 0 Å². The quantitative estimate of drug-likeness (QED) is 0.599. The van der Waals surface area contributed by atoms with Crippen LogP contribution in [0.15, 0.2) is 18.7 Å². The highest BCUT2D eigenvalue weighted by molar-refractivity contribution is 5.10. The van der Waals surface area contributed by atoms with Crippen molar-refractivity contribution < 1.29 is 0 Å². The number of nitrogens with zero attached hydrogens (tertiary/aromatic N) is 2. The number of piperazine rings is 1. The van der Waals surface area contributed by atoms with E-state index in [0.29, 0.717) is 6.04 Å². The van der Waals surface area contributed by atoms with Crippen LogP contribution < -0.4 is 10.6 Å². The van der Waals surface area contributed by atoms with Gasteiger partial charge in [0.15, 0.2) is 0 Å². The zero-order chi connectivity index (χ0) is 8.23. The Balaban J connectivity index is 2.08. The van der Waals surface area contributed by atoms with Crippen LogP contribution in [0.1, 0.15) is 11.6 Å². The minimum Gasteiger partial charge on any atom is -0.314 e. The fraction of sp³-hybridized carbons (Fsp3) is 0.500. The lowest BCUT2D eigenvalue weighted by Gasteiger charge is -2.23. The molecule has 0 saturated carbocycles. The van der Waals surface area contributed by atoms with Gasteiger partial charge in [-0.2, -0.15) is 0 Å². The summed E-state index contributed by atoms with van der Waals surface area (Å²) in [5.41, 5.74) is 1.16. The molecule has 1 aromatic rings. The van der Waals surface area contributed by atoms with E-state index < -0.39 is 0 Å². The Morgan fingerprint density at radius 1 is 1.25 bits per heavy atom. The zero-order valence-electron chi connectivity index (χ0n) is 6.83. The highest BCUT2D eigenvalue weighted by atomic mass is 15.1. The molecule has 0 radical (unpaired) electrons. The topological polar surface area (TPSA) is 49.8 Å². The molecule has 0 bridgehead atoms. The molecule has 1 atom stereocenters. The van der Waals surface area contributed by atoms with Crippen LogP contribution in [0.5, 0.6) is 0 Å². The van der Waals surface area contributed by atoms with Gasteiger partial charge in [0.2, 0.25) is 0 Å². The van der Waals surface area contributed by atoms with Crippen LogP contribution in [-0.2, 0) is 0 Å². The monoisotopic (exact) mass is 164 g/mol. The van der Waals surface area contributed by atoms with Gasteiger partial charge in [-0.3, -0.25) is 0 Å². The van der Waals surface area contributed by atoms with Crippen molar-refractivity contribution in [1.29, 1.82) is 0 Å². The second kappa shape index (κ2) is 3.60. The Labute approximate surface area is 71.4 Å². The van der Waals surface area contributed by atoms with Gasteiger partial charge in [0.05, 0.1) is 0 Å². The van der Waals surface area contributed by atoms with Crippen LogP contribution in [0.3, 0.4) is 0 Å². The minimum absolute atomic E-state index is 0.375. The maximum absolute atomic E-state index is 3.98. The van der Waals surface area contributed by atoms with Crippen LogP contribution in [0, 0.1) is 0 Å². The Bertz CT molecular complexity index is 230. The Hall–Kier alpha value is -1.00. The van der Waals surface area contributed by atoms with E-state index in [4.69, 9.17) is 0 Å². The minimum atomic E-state index is 0.375. The number of rotatable bonds is 1. The third-order valence-electron chi connectivity index (χ3n) is 2.02. The van der Waals surface area contributed by atoms with Crippen molar-refractivity contribution >= 4 is 0 Å². The molecule has 2 rings (SSSR count). The normalized spacial score (nSPS) is 23.8. The molecule has 1 aromatic heterocycles. The predicted octanol–water partition coefficient (Wildman–Crippen LogP) is -0.290. The summed E-state index contributed by atoms with van der Waals surface area (Å²) in [6, 6.07) is 0.375. The van der Waals surface area contributed by atoms with Crippen molar-refractivity contribution in [3.8, 4) is 0 Å². The molecule has 0 spiro atoms. The van der Waals surface area contributed by atoms with Crippen molar-refractivity contribution in [2.24, 2.45) is 0 Å². The number of hydrogen-bond acceptors (Lipinski definition) is 4. The smallest absolute Gasteiger partial charge is 0.115 e. The highest BCUT2D eigenvalue weighted by Gasteiger charge is 2.13. The summed E-state index contributed by atoms with van der Waals surface area (Å²) in [5, 5.41) is 6.71. The lowest BCUT2D eigenvalue weighted by Crippen LogP contribution is -2.42. The van der Waals surface area contributed by atoms with Crippen LogP contribution in [0.25, 0.3) is 0 Å². The number of hydrogen-bond donors (Lipinski definition) is 2. The average Bonchev–Trinajstić information content (AvgIpc) is 2.21. The SMILES string of the molecule is c1ncc(C2CNCCN2)cn1. The Kier molecular flexibility index (Phi) is 2.29. The van der Waals surface area contributed by atoms with Crippen LogP contribution in [0.4, 0.5) is 0 Å². The highest BCUT2D eigenvalue weighted by Crippen LogP contribution is 2.09. The van der Waals surface area contributed by atoms with Crippen molar-refractivity contribution in [2.75, 3.05) is 19.6 Å². The molecule has 1 unspecified atom stereocenters. The third-order valence-corrected chi connectivity index (χ3v) is 2.02. The van der Waals surface area contributed by atoms with Gasteiger partial charge in [0, 0.05) is 43.6 Å². The maximum atomic E-state index is 3.98. The van der Waals surface area contributed by atoms with Gasteiger partial charge < -0.3 is 10.6 Å². The Morgan fingerprint density at radius 3 is 2.75 bits per heavy atom. The number of aromatic nitrogens is 2. The number of nitrogens with one attached hydrogen (secondary N) is 2. The van der Waals surface area contributed by atoms with Crippen molar-refractivity contribution in [2.45, 2.75) is 6.04 Å². The summed E-state index contributed by atoms with van der Waals surface area (Å²) in [7, 11) is 0.